The Hall–Kier alpha value is -1.78. The van der Waals surface area contributed by atoms with Gasteiger partial charge in [0.15, 0.2) is 5.82 Å². The Bertz CT molecular complexity index is 634. The Morgan fingerprint density at radius 2 is 1.90 bits per heavy atom. The Morgan fingerprint density at radius 3 is 2.65 bits per heavy atom. The number of amides is 1. The van der Waals surface area contributed by atoms with Crippen molar-refractivity contribution >= 4 is 40.5 Å². The summed E-state index contributed by atoms with van der Waals surface area (Å²) in [6, 6.07) is 11.3. The van der Waals surface area contributed by atoms with E-state index in [1.165, 1.54) is 12.1 Å². The van der Waals surface area contributed by atoms with E-state index in [-0.39, 0.29) is 23.2 Å². The lowest BCUT2D eigenvalue weighted by atomic mass is 10.3. The third-order valence-corrected chi connectivity index (χ3v) is 3.03. The predicted molar refractivity (Wildman–Crippen MR) is 80.0 cm³/mol. The van der Waals surface area contributed by atoms with Crippen molar-refractivity contribution in [3.8, 4) is 0 Å². The molecule has 0 aliphatic rings. The zero-order valence-corrected chi connectivity index (χ0v) is 11.8. The van der Waals surface area contributed by atoms with Crippen LogP contribution in [-0.2, 0) is 4.79 Å². The lowest BCUT2D eigenvalue weighted by Gasteiger charge is -2.09. The molecule has 2 aromatic carbocycles. The first-order valence-electron chi connectivity index (χ1n) is 5.79. The molecule has 0 unspecified atom stereocenters. The number of carbonyl (C=O) groups excluding carboxylic acids is 1. The SMILES string of the molecule is O=C(CNc1cccc(Cl)c1F)Nc1cccc(Cl)c1. The van der Waals surface area contributed by atoms with Crippen LogP contribution in [0.2, 0.25) is 10.0 Å². The van der Waals surface area contributed by atoms with Gasteiger partial charge < -0.3 is 10.6 Å². The van der Waals surface area contributed by atoms with Gasteiger partial charge in [0.2, 0.25) is 5.91 Å². The van der Waals surface area contributed by atoms with Crippen molar-refractivity contribution in [2.75, 3.05) is 17.2 Å². The molecule has 0 aromatic heterocycles. The van der Waals surface area contributed by atoms with E-state index < -0.39 is 5.82 Å². The molecule has 2 N–H and O–H groups in total. The van der Waals surface area contributed by atoms with E-state index in [1.54, 1.807) is 30.3 Å². The molecule has 0 bridgehead atoms. The predicted octanol–water partition coefficient (Wildman–Crippen LogP) is 4.18. The van der Waals surface area contributed by atoms with Crippen molar-refractivity contribution in [2.45, 2.75) is 0 Å². The highest BCUT2D eigenvalue weighted by Gasteiger charge is 2.08. The van der Waals surface area contributed by atoms with Gasteiger partial charge in [-0.3, -0.25) is 4.79 Å². The van der Waals surface area contributed by atoms with Crippen LogP contribution < -0.4 is 10.6 Å². The second-order valence-electron chi connectivity index (χ2n) is 4.01. The molecular formula is C14H11Cl2FN2O. The molecule has 0 fully saturated rings. The molecule has 20 heavy (non-hydrogen) atoms. The van der Waals surface area contributed by atoms with Gasteiger partial charge in [0.05, 0.1) is 17.3 Å². The molecule has 0 radical (unpaired) electrons. The lowest BCUT2D eigenvalue weighted by molar-refractivity contribution is -0.114. The molecule has 0 atom stereocenters. The van der Waals surface area contributed by atoms with Gasteiger partial charge in [-0.25, -0.2) is 4.39 Å². The fraction of sp³-hybridized carbons (Fsp3) is 0.0714. The summed E-state index contributed by atoms with van der Waals surface area (Å²) in [6.07, 6.45) is 0. The summed E-state index contributed by atoms with van der Waals surface area (Å²) in [4.78, 5) is 11.7. The average Bonchev–Trinajstić information content (AvgIpc) is 2.40. The van der Waals surface area contributed by atoms with Gasteiger partial charge in [-0.1, -0.05) is 35.3 Å². The van der Waals surface area contributed by atoms with E-state index >= 15 is 0 Å². The summed E-state index contributed by atoms with van der Waals surface area (Å²) in [6.45, 7) is -0.0796. The van der Waals surface area contributed by atoms with Gasteiger partial charge >= 0.3 is 0 Å². The monoisotopic (exact) mass is 312 g/mol. The third-order valence-electron chi connectivity index (χ3n) is 2.50. The van der Waals surface area contributed by atoms with Crippen molar-refractivity contribution in [1.82, 2.24) is 0 Å². The Labute approximate surface area is 125 Å². The number of halogens is 3. The summed E-state index contributed by atoms with van der Waals surface area (Å²) in [5.74, 6) is -0.892. The van der Waals surface area contributed by atoms with Gasteiger partial charge in [0.25, 0.3) is 0 Å². The maximum Gasteiger partial charge on any atom is 0.243 e. The van der Waals surface area contributed by atoms with Crippen LogP contribution in [0.5, 0.6) is 0 Å². The molecule has 0 saturated heterocycles. The summed E-state index contributed by atoms with van der Waals surface area (Å²) >= 11 is 11.5. The Kier molecular flexibility index (Phi) is 4.82. The van der Waals surface area contributed by atoms with E-state index in [2.05, 4.69) is 10.6 Å². The number of carbonyl (C=O) groups is 1. The molecule has 3 nitrogen and oxygen atoms in total. The molecule has 1 amide bonds. The van der Waals surface area contributed by atoms with Crippen LogP contribution in [0.1, 0.15) is 0 Å². The van der Waals surface area contributed by atoms with Crippen LogP contribution in [0.3, 0.4) is 0 Å². The highest BCUT2D eigenvalue weighted by atomic mass is 35.5. The van der Waals surface area contributed by atoms with Crippen LogP contribution in [-0.4, -0.2) is 12.5 Å². The summed E-state index contributed by atoms with van der Waals surface area (Å²) in [5.41, 5.74) is 0.759. The minimum Gasteiger partial charge on any atom is -0.374 e. The van der Waals surface area contributed by atoms with Gasteiger partial charge in [-0.2, -0.15) is 0 Å². The minimum atomic E-state index is -0.579. The van der Waals surface area contributed by atoms with E-state index in [0.717, 1.165) is 0 Å². The molecule has 6 heteroatoms. The Balaban J connectivity index is 1.94. The van der Waals surface area contributed by atoms with Gasteiger partial charge in [-0.05, 0) is 30.3 Å². The van der Waals surface area contributed by atoms with E-state index in [9.17, 15) is 9.18 Å². The molecule has 2 aromatic rings. The van der Waals surface area contributed by atoms with E-state index in [0.29, 0.717) is 10.7 Å². The maximum atomic E-state index is 13.6. The summed E-state index contributed by atoms with van der Waals surface area (Å²) in [5, 5.41) is 5.86. The Morgan fingerprint density at radius 1 is 1.15 bits per heavy atom. The fourth-order valence-electron chi connectivity index (χ4n) is 1.59. The average molecular weight is 313 g/mol. The van der Waals surface area contributed by atoms with Crippen molar-refractivity contribution in [3.05, 3.63) is 58.3 Å². The van der Waals surface area contributed by atoms with Crippen LogP contribution in [0.4, 0.5) is 15.8 Å². The second-order valence-corrected chi connectivity index (χ2v) is 4.86. The molecule has 0 aliphatic carbocycles. The molecule has 0 saturated carbocycles. The first-order valence-corrected chi connectivity index (χ1v) is 6.55. The normalized spacial score (nSPS) is 10.2. The van der Waals surface area contributed by atoms with Crippen LogP contribution in [0.15, 0.2) is 42.5 Å². The first-order chi connectivity index (χ1) is 9.56. The van der Waals surface area contributed by atoms with Gasteiger partial charge in [0, 0.05) is 10.7 Å². The van der Waals surface area contributed by atoms with E-state index in [1.807, 2.05) is 0 Å². The molecule has 0 spiro atoms. The number of hydrogen-bond acceptors (Lipinski definition) is 2. The zero-order chi connectivity index (χ0) is 14.5. The fourth-order valence-corrected chi connectivity index (χ4v) is 1.95. The van der Waals surface area contributed by atoms with Crippen molar-refractivity contribution in [2.24, 2.45) is 0 Å². The van der Waals surface area contributed by atoms with Crippen molar-refractivity contribution < 1.29 is 9.18 Å². The molecule has 0 heterocycles. The summed E-state index contributed by atoms with van der Waals surface area (Å²) < 4.78 is 13.6. The highest BCUT2D eigenvalue weighted by molar-refractivity contribution is 6.31. The minimum absolute atomic E-state index is 0.00486. The smallest absolute Gasteiger partial charge is 0.243 e. The molecule has 104 valence electrons. The standard InChI is InChI=1S/C14H11Cl2FN2O/c15-9-3-1-4-10(7-9)19-13(20)8-18-12-6-2-5-11(16)14(12)17/h1-7,18H,8H2,(H,19,20). The van der Waals surface area contributed by atoms with Gasteiger partial charge in [0.1, 0.15) is 0 Å². The first kappa shape index (κ1) is 14.6. The third kappa shape index (κ3) is 3.85. The number of benzene rings is 2. The van der Waals surface area contributed by atoms with Gasteiger partial charge in [-0.15, -0.1) is 0 Å². The van der Waals surface area contributed by atoms with Crippen molar-refractivity contribution in [3.63, 3.8) is 0 Å². The summed E-state index contributed by atoms with van der Waals surface area (Å²) in [7, 11) is 0. The number of anilines is 2. The highest BCUT2D eigenvalue weighted by Crippen LogP contribution is 2.21. The number of rotatable bonds is 4. The lowest BCUT2D eigenvalue weighted by Crippen LogP contribution is -2.22. The maximum absolute atomic E-state index is 13.6. The number of nitrogens with one attached hydrogen (secondary N) is 2. The van der Waals surface area contributed by atoms with Crippen LogP contribution in [0.25, 0.3) is 0 Å². The molecular weight excluding hydrogens is 302 g/mol. The quantitative estimate of drug-likeness (QED) is 0.889. The van der Waals surface area contributed by atoms with Crippen molar-refractivity contribution in [1.29, 1.82) is 0 Å². The zero-order valence-electron chi connectivity index (χ0n) is 10.3. The molecule has 0 aliphatic heterocycles. The topological polar surface area (TPSA) is 41.1 Å². The second kappa shape index (κ2) is 6.59. The number of hydrogen-bond donors (Lipinski definition) is 2. The van der Waals surface area contributed by atoms with Crippen LogP contribution >= 0.6 is 23.2 Å². The van der Waals surface area contributed by atoms with Crippen LogP contribution in [0, 0.1) is 5.82 Å². The molecule has 2 rings (SSSR count). The van der Waals surface area contributed by atoms with E-state index in [4.69, 9.17) is 23.2 Å². The largest absolute Gasteiger partial charge is 0.374 e.